The maximum Gasteiger partial charge on any atom is 0.472 e. The molecule has 0 heterocycles. The van der Waals surface area contributed by atoms with Gasteiger partial charge in [0.05, 0.1) is 26.4 Å². The van der Waals surface area contributed by atoms with Crippen molar-refractivity contribution in [2.45, 2.75) is 464 Å². The van der Waals surface area contributed by atoms with E-state index in [2.05, 4.69) is 41.5 Å². The third-order valence-electron chi connectivity index (χ3n) is 19.7. The second-order valence-electron chi connectivity index (χ2n) is 31.2. The number of phosphoric acid groups is 2. The second-order valence-corrected chi connectivity index (χ2v) is 34.1. The van der Waals surface area contributed by atoms with E-state index in [1.54, 1.807) is 0 Å². The van der Waals surface area contributed by atoms with Crippen molar-refractivity contribution in [2.24, 2.45) is 11.8 Å². The summed E-state index contributed by atoms with van der Waals surface area (Å²) in [4.78, 5) is 73.2. The van der Waals surface area contributed by atoms with Crippen LogP contribution in [0.2, 0.25) is 0 Å². The Bertz CT molecular complexity index is 1980. The molecule has 0 aliphatic carbocycles. The van der Waals surface area contributed by atoms with Gasteiger partial charge in [-0.25, -0.2) is 9.13 Å². The standard InChI is InChI=1S/C84H164O17P2/c1-7-9-11-13-15-17-19-21-23-24-25-26-27-28-29-31-37-45-51-57-63-69-84(89)100-79(72-94-81(86)66-60-54-48-42-35-33-32-34-40-46-52-58-64-76(3)4)74-98-102(90,91)96-70-78(85)71-97-103(92,93)99-75-80(73-95-82(87)67-61-55-49-43-39-38-41-47-53-59-65-77(5)6)101-83(88)68-62-56-50-44-36-30-22-20-18-16-14-12-10-8-2/h76-80,85H,7-75H2,1-6H3,(H,90,91)(H,92,93)/t78-,79-,80-/m1/s1. The minimum absolute atomic E-state index is 0.108. The summed E-state index contributed by atoms with van der Waals surface area (Å²) in [6.45, 7) is 9.67. The number of rotatable bonds is 83. The molecule has 0 rings (SSSR count). The van der Waals surface area contributed by atoms with Gasteiger partial charge in [-0.05, 0) is 37.5 Å². The van der Waals surface area contributed by atoms with Crippen LogP contribution in [0.15, 0.2) is 0 Å². The van der Waals surface area contributed by atoms with Crippen molar-refractivity contribution in [2.75, 3.05) is 39.6 Å². The second kappa shape index (κ2) is 75.5. The molecule has 0 aromatic rings. The van der Waals surface area contributed by atoms with E-state index in [-0.39, 0.29) is 25.7 Å². The van der Waals surface area contributed by atoms with Gasteiger partial charge >= 0.3 is 39.5 Å². The fourth-order valence-corrected chi connectivity index (χ4v) is 14.6. The molecule has 0 aliphatic rings. The summed E-state index contributed by atoms with van der Waals surface area (Å²) in [7, 11) is -9.93. The Morgan fingerprint density at radius 1 is 0.262 bits per heavy atom. The lowest BCUT2D eigenvalue weighted by Gasteiger charge is -2.21. The number of unbranched alkanes of at least 4 members (excludes halogenated alkanes) is 53. The van der Waals surface area contributed by atoms with Gasteiger partial charge in [0.25, 0.3) is 0 Å². The molecule has 0 saturated heterocycles. The molecule has 612 valence electrons. The zero-order valence-corrected chi connectivity index (χ0v) is 69.4. The van der Waals surface area contributed by atoms with Crippen LogP contribution in [-0.4, -0.2) is 96.7 Å². The maximum absolute atomic E-state index is 13.1. The van der Waals surface area contributed by atoms with E-state index < -0.39 is 97.5 Å². The van der Waals surface area contributed by atoms with Crippen molar-refractivity contribution < 1.29 is 80.2 Å². The highest BCUT2D eigenvalue weighted by molar-refractivity contribution is 7.47. The van der Waals surface area contributed by atoms with Crippen LogP contribution in [0.3, 0.4) is 0 Å². The van der Waals surface area contributed by atoms with E-state index in [1.165, 1.54) is 263 Å². The lowest BCUT2D eigenvalue weighted by molar-refractivity contribution is -0.161. The van der Waals surface area contributed by atoms with E-state index in [1.807, 2.05) is 0 Å². The summed E-state index contributed by atoms with van der Waals surface area (Å²) >= 11 is 0. The van der Waals surface area contributed by atoms with Crippen LogP contribution < -0.4 is 0 Å². The highest BCUT2D eigenvalue weighted by Gasteiger charge is 2.30. The van der Waals surface area contributed by atoms with Gasteiger partial charge in [-0.1, -0.05) is 395 Å². The van der Waals surface area contributed by atoms with Crippen molar-refractivity contribution in [1.82, 2.24) is 0 Å². The van der Waals surface area contributed by atoms with Gasteiger partial charge in [0, 0.05) is 25.7 Å². The van der Waals surface area contributed by atoms with E-state index in [0.29, 0.717) is 25.7 Å². The summed E-state index contributed by atoms with van der Waals surface area (Å²) in [6, 6.07) is 0. The topological polar surface area (TPSA) is 237 Å². The molecule has 0 radical (unpaired) electrons. The molecular formula is C84H164O17P2. The number of hydrogen-bond donors (Lipinski definition) is 3. The Morgan fingerprint density at radius 3 is 0.660 bits per heavy atom. The summed E-state index contributed by atoms with van der Waals surface area (Å²) in [5.41, 5.74) is 0. The van der Waals surface area contributed by atoms with Crippen LogP contribution in [0.4, 0.5) is 0 Å². The van der Waals surface area contributed by atoms with Gasteiger partial charge < -0.3 is 33.8 Å². The van der Waals surface area contributed by atoms with Gasteiger partial charge in [0.1, 0.15) is 19.3 Å². The third-order valence-corrected chi connectivity index (χ3v) is 21.6. The number of aliphatic hydroxyl groups is 1. The molecule has 0 aliphatic heterocycles. The van der Waals surface area contributed by atoms with Gasteiger partial charge in [-0.15, -0.1) is 0 Å². The van der Waals surface area contributed by atoms with Gasteiger partial charge in [-0.3, -0.25) is 37.3 Å². The van der Waals surface area contributed by atoms with Gasteiger partial charge in [0.2, 0.25) is 0 Å². The number of ether oxygens (including phenoxy) is 4. The zero-order valence-electron chi connectivity index (χ0n) is 67.6. The molecule has 103 heavy (non-hydrogen) atoms. The Balaban J connectivity index is 5.24. The van der Waals surface area contributed by atoms with Crippen molar-refractivity contribution in [3.63, 3.8) is 0 Å². The molecule has 3 N–H and O–H groups in total. The first kappa shape index (κ1) is 101. The number of aliphatic hydroxyl groups excluding tert-OH is 1. The molecular weight excluding hydrogens is 1340 g/mol. The average Bonchev–Trinajstić information content (AvgIpc) is 0.928. The monoisotopic (exact) mass is 1510 g/mol. The van der Waals surface area contributed by atoms with E-state index in [9.17, 15) is 43.2 Å². The van der Waals surface area contributed by atoms with E-state index >= 15 is 0 Å². The molecule has 0 fully saturated rings. The van der Waals surface area contributed by atoms with Crippen LogP contribution in [0, 0.1) is 11.8 Å². The van der Waals surface area contributed by atoms with Crippen LogP contribution >= 0.6 is 15.6 Å². The number of carbonyl (C=O) groups excluding carboxylic acids is 4. The lowest BCUT2D eigenvalue weighted by atomic mass is 10.0. The molecule has 0 amide bonds. The largest absolute Gasteiger partial charge is 0.472 e. The summed E-state index contributed by atoms with van der Waals surface area (Å²) in [5, 5.41) is 10.7. The first-order chi connectivity index (χ1) is 49.9. The molecule has 5 atom stereocenters. The zero-order chi connectivity index (χ0) is 75.6. The maximum atomic E-state index is 13.1. The van der Waals surface area contributed by atoms with Crippen LogP contribution in [0.5, 0.6) is 0 Å². The Kier molecular flexibility index (Phi) is 74.1. The molecule has 0 saturated carbocycles. The van der Waals surface area contributed by atoms with Crippen LogP contribution in [-0.2, 0) is 65.4 Å². The fourth-order valence-electron chi connectivity index (χ4n) is 13.1. The predicted octanol–water partition coefficient (Wildman–Crippen LogP) is 25.5. The SMILES string of the molecule is CCCCCCCCCCCCCCCCCCCCCCCC(=O)O[C@H](COC(=O)CCCCCCCCCCCCCCC(C)C)COP(=O)(O)OC[C@@H](O)COP(=O)(O)OC[C@@H](COC(=O)CCCCCCCCCCCCC(C)C)OC(=O)CCCCCCCCCCCCCCCC. The van der Waals surface area contributed by atoms with Crippen LogP contribution in [0.25, 0.3) is 0 Å². The number of esters is 4. The van der Waals surface area contributed by atoms with Crippen molar-refractivity contribution in [1.29, 1.82) is 0 Å². The molecule has 19 heteroatoms. The number of carbonyl (C=O) groups is 4. The van der Waals surface area contributed by atoms with Gasteiger partial charge in [-0.2, -0.15) is 0 Å². The van der Waals surface area contributed by atoms with Gasteiger partial charge in [0.15, 0.2) is 12.2 Å². The fraction of sp³-hybridized carbons (Fsp3) is 0.952. The predicted molar refractivity (Wildman–Crippen MR) is 423 cm³/mol. The van der Waals surface area contributed by atoms with Crippen molar-refractivity contribution in [3.8, 4) is 0 Å². The third kappa shape index (κ3) is 78.0. The highest BCUT2D eigenvalue weighted by Crippen LogP contribution is 2.45. The average molecular weight is 1510 g/mol. The molecule has 0 aromatic carbocycles. The normalized spacial score (nSPS) is 13.9. The van der Waals surface area contributed by atoms with E-state index in [0.717, 1.165) is 102 Å². The smallest absolute Gasteiger partial charge is 0.462 e. The van der Waals surface area contributed by atoms with Crippen molar-refractivity contribution >= 4 is 39.5 Å². The first-order valence-electron chi connectivity index (χ1n) is 43.5. The minimum Gasteiger partial charge on any atom is -0.462 e. The highest BCUT2D eigenvalue weighted by atomic mass is 31.2. The molecule has 0 spiro atoms. The Hall–Kier alpha value is -1.94. The molecule has 2 unspecified atom stereocenters. The molecule has 0 bridgehead atoms. The van der Waals surface area contributed by atoms with Crippen LogP contribution in [0.1, 0.15) is 446 Å². The molecule has 17 nitrogen and oxygen atoms in total. The Labute approximate surface area is 632 Å². The van der Waals surface area contributed by atoms with E-state index in [4.69, 9.17) is 37.0 Å². The first-order valence-corrected chi connectivity index (χ1v) is 46.5. The quantitative estimate of drug-likeness (QED) is 0.0222. The summed E-state index contributed by atoms with van der Waals surface area (Å²) in [5.74, 6) is -0.563. The number of hydrogen-bond acceptors (Lipinski definition) is 15. The lowest BCUT2D eigenvalue weighted by Crippen LogP contribution is -2.30. The summed E-state index contributed by atoms with van der Waals surface area (Å²) < 4.78 is 68.9. The van der Waals surface area contributed by atoms with Crippen molar-refractivity contribution in [3.05, 3.63) is 0 Å². The molecule has 0 aromatic heterocycles. The summed E-state index contributed by atoms with van der Waals surface area (Å²) in [6.07, 6.45) is 66.6. The Morgan fingerprint density at radius 2 is 0.447 bits per heavy atom. The minimum atomic E-state index is -4.96. The number of phosphoric ester groups is 2.